The summed E-state index contributed by atoms with van der Waals surface area (Å²) in [6, 6.07) is 52.3. The summed E-state index contributed by atoms with van der Waals surface area (Å²) in [5.41, 5.74) is 25.2. The van der Waals surface area contributed by atoms with Crippen molar-refractivity contribution < 1.29 is 0 Å². The Morgan fingerprint density at radius 3 is 2.01 bits per heavy atom. The Bertz CT molecular complexity index is 3810. The maximum atomic E-state index is 2.71. The van der Waals surface area contributed by atoms with Crippen LogP contribution in [0.2, 0.25) is 0 Å². The molecule has 0 amide bonds. The van der Waals surface area contributed by atoms with Crippen molar-refractivity contribution in [2.75, 3.05) is 9.80 Å². The molecule has 71 heavy (non-hydrogen) atoms. The van der Waals surface area contributed by atoms with Crippen molar-refractivity contribution in [2.24, 2.45) is 5.41 Å². The van der Waals surface area contributed by atoms with Crippen molar-refractivity contribution in [1.82, 2.24) is 4.57 Å². The molecular weight excluding hydrogens is 878 g/mol. The van der Waals surface area contributed by atoms with Crippen molar-refractivity contribution in [3.63, 3.8) is 0 Å². The highest BCUT2D eigenvalue weighted by atomic mass is 32.1. The summed E-state index contributed by atoms with van der Waals surface area (Å²) in [4.78, 5) is 5.24. The fraction of sp³-hybridized carbons (Fsp3) is 0.273. The van der Waals surface area contributed by atoms with Crippen LogP contribution in [-0.2, 0) is 16.2 Å². The second-order valence-electron chi connectivity index (χ2n) is 24.7. The molecule has 4 heterocycles. The van der Waals surface area contributed by atoms with Gasteiger partial charge in [-0.15, -0.1) is 11.3 Å². The van der Waals surface area contributed by atoms with Gasteiger partial charge in [0.05, 0.1) is 11.4 Å². The van der Waals surface area contributed by atoms with Crippen molar-refractivity contribution in [2.45, 2.75) is 112 Å². The normalized spacial score (nSPS) is 15.7. The van der Waals surface area contributed by atoms with Crippen LogP contribution < -0.4 is 26.2 Å². The molecule has 352 valence electrons. The number of hydrogen-bond donors (Lipinski definition) is 0. The molecule has 5 heteroatoms. The number of hydrogen-bond acceptors (Lipinski definition) is 3. The van der Waals surface area contributed by atoms with Crippen molar-refractivity contribution in [1.29, 1.82) is 0 Å². The number of thiophene rings is 1. The average molecular weight is 942 g/mol. The van der Waals surface area contributed by atoms with E-state index >= 15 is 0 Å². The molecular formula is C66H64BN3S. The average Bonchev–Trinajstić information content (AvgIpc) is 3.97. The molecule has 0 saturated carbocycles. The van der Waals surface area contributed by atoms with Crippen LogP contribution in [0.4, 0.5) is 28.4 Å². The van der Waals surface area contributed by atoms with Gasteiger partial charge >= 0.3 is 0 Å². The van der Waals surface area contributed by atoms with E-state index in [0.717, 1.165) is 12.8 Å². The summed E-state index contributed by atoms with van der Waals surface area (Å²) < 4.78 is 5.33. The van der Waals surface area contributed by atoms with E-state index in [0.29, 0.717) is 0 Å². The van der Waals surface area contributed by atoms with Gasteiger partial charge < -0.3 is 14.4 Å². The first-order valence-corrected chi connectivity index (χ1v) is 26.7. The molecule has 0 atom stereocenters. The first-order valence-electron chi connectivity index (χ1n) is 25.9. The van der Waals surface area contributed by atoms with Crippen LogP contribution in [0.1, 0.15) is 117 Å². The maximum Gasteiger partial charge on any atom is 0.252 e. The summed E-state index contributed by atoms with van der Waals surface area (Å²) >= 11 is 1.90. The molecule has 2 aliphatic heterocycles. The van der Waals surface area contributed by atoms with Gasteiger partial charge in [-0.2, -0.15) is 0 Å². The first-order chi connectivity index (χ1) is 33.8. The molecule has 0 spiro atoms. The van der Waals surface area contributed by atoms with Crippen molar-refractivity contribution in [3.8, 4) is 16.9 Å². The smallest absolute Gasteiger partial charge is 0.252 e. The topological polar surface area (TPSA) is 11.4 Å². The summed E-state index contributed by atoms with van der Waals surface area (Å²) in [7, 11) is 0. The summed E-state index contributed by atoms with van der Waals surface area (Å²) in [6.45, 7) is 28.4. The molecule has 0 saturated heterocycles. The highest BCUT2D eigenvalue weighted by Crippen LogP contribution is 2.56. The fourth-order valence-electron chi connectivity index (χ4n) is 13.0. The minimum Gasteiger partial charge on any atom is -0.314 e. The van der Waals surface area contributed by atoms with Gasteiger partial charge in [0, 0.05) is 76.2 Å². The number of aromatic nitrogens is 1. The predicted molar refractivity (Wildman–Crippen MR) is 309 cm³/mol. The number of anilines is 5. The minimum absolute atomic E-state index is 0.00990. The molecule has 2 aliphatic carbocycles. The molecule has 13 rings (SSSR count). The number of benzene rings is 7. The van der Waals surface area contributed by atoms with E-state index < -0.39 is 0 Å². The Morgan fingerprint density at radius 2 is 1.28 bits per heavy atom. The Morgan fingerprint density at radius 1 is 0.577 bits per heavy atom. The van der Waals surface area contributed by atoms with Crippen LogP contribution in [0.3, 0.4) is 0 Å². The van der Waals surface area contributed by atoms with Crippen molar-refractivity contribution in [3.05, 3.63) is 185 Å². The van der Waals surface area contributed by atoms with E-state index in [9.17, 15) is 0 Å². The summed E-state index contributed by atoms with van der Waals surface area (Å²) in [5.74, 6) is 0. The SMILES string of the molecule is Cc1cc2c3c(c1)-n1c4c(c5cc(C(C)(C)C)cc(c51)B3c1ccc(N(C3=CC=C(C(C)(C)C)CC3)c3ccc(C(C)(C)C)cc3)cc1N2c1cccc2sc3ccccc3c12)C(C)(C)c1ccccc1-4. The van der Waals surface area contributed by atoms with Gasteiger partial charge in [0.25, 0.3) is 6.71 Å². The monoisotopic (exact) mass is 941 g/mol. The maximum absolute atomic E-state index is 2.71. The largest absolute Gasteiger partial charge is 0.314 e. The highest BCUT2D eigenvalue weighted by Gasteiger charge is 2.48. The molecule has 0 unspecified atom stereocenters. The van der Waals surface area contributed by atoms with E-state index in [1.165, 1.54) is 132 Å². The zero-order valence-corrected chi connectivity index (χ0v) is 44.4. The zero-order valence-electron chi connectivity index (χ0n) is 43.6. The second kappa shape index (κ2) is 15.0. The molecule has 0 fully saturated rings. The second-order valence-corrected chi connectivity index (χ2v) is 25.7. The summed E-state index contributed by atoms with van der Waals surface area (Å²) in [6.07, 6.45) is 6.83. The number of aryl methyl sites for hydroxylation is 1. The quantitative estimate of drug-likeness (QED) is 0.163. The number of rotatable bonds is 4. The number of fused-ring (bicyclic) bond motifs is 12. The first kappa shape index (κ1) is 44.4. The molecule has 0 N–H and O–H groups in total. The molecule has 0 bridgehead atoms. The molecule has 7 aromatic carbocycles. The van der Waals surface area contributed by atoms with Crippen LogP contribution in [0.25, 0.3) is 48.0 Å². The zero-order chi connectivity index (χ0) is 49.3. The van der Waals surface area contributed by atoms with E-state index in [1.807, 2.05) is 11.3 Å². The Hall–Kier alpha value is -6.56. The van der Waals surface area contributed by atoms with E-state index in [4.69, 9.17) is 0 Å². The molecule has 4 aliphatic rings. The van der Waals surface area contributed by atoms with E-state index in [2.05, 4.69) is 243 Å². The van der Waals surface area contributed by atoms with Crippen LogP contribution >= 0.6 is 11.3 Å². The third kappa shape index (κ3) is 6.47. The van der Waals surface area contributed by atoms with Gasteiger partial charge in [-0.1, -0.05) is 161 Å². The molecule has 2 aromatic heterocycles. The number of allylic oxidation sites excluding steroid dienone is 4. The molecule has 0 radical (unpaired) electrons. The van der Waals surface area contributed by atoms with Gasteiger partial charge in [-0.25, -0.2) is 0 Å². The van der Waals surface area contributed by atoms with Crippen LogP contribution in [0.5, 0.6) is 0 Å². The van der Waals surface area contributed by atoms with Gasteiger partial charge in [0.1, 0.15) is 0 Å². The van der Waals surface area contributed by atoms with Crippen molar-refractivity contribution >= 4 is 94.0 Å². The van der Waals surface area contributed by atoms with E-state index in [-0.39, 0.29) is 28.4 Å². The van der Waals surface area contributed by atoms with Gasteiger partial charge in [-0.05, 0) is 147 Å². The van der Waals surface area contributed by atoms with Gasteiger partial charge in [-0.3, -0.25) is 0 Å². The lowest BCUT2D eigenvalue weighted by Gasteiger charge is -2.42. The highest BCUT2D eigenvalue weighted by molar-refractivity contribution is 7.26. The lowest BCUT2D eigenvalue weighted by molar-refractivity contribution is 0.479. The van der Waals surface area contributed by atoms with E-state index in [1.54, 1.807) is 0 Å². The lowest BCUT2D eigenvalue weighted by Crippen LogP contribution is -2.60. The third-order valence-electron chi connectivity index (χ3n) is 16.6. The van der Waals surface area contributed by atoms with Gasteiger partial charge in [0.15, 0.2) is 0 Å². The van der Waals surface area contributed by atoms with Gasteiger partial charge in [0.2, 0.25) is 0 Å². The standard InChI is InChI=1S/C66H64BN3S/c1-39-34-54-60-55(35-39)70-61-48(59-62(70)46-18-13-15-20-49(46)66(59,11)12)36-42(65(8,9)10)37-51(61)67(60)50-33-32-45(38-53(50)69(54)52-21-17-23-57-58(52)47-19-14-16-22-56(47)71-57)68(43-28-24-40(25-29-43)63(2,3)4)44-30-26-41(27-31-44)64(5,6)7/h13-26,28-30,32-38H,27,31H2,1-12H3. The Labute approximate surface area is 425 Å². The lowest BCUT2D eigenvalue weighted by atomic mass is 9.33. The Kier molecular flexibility index (Phi) is 9.38. The minimum atomic E-state index is -0.171. The molecule has 3 nitrogen and oxygen atoms in total. The summed E-state index contributed by atoms with van der Waals surface area (Å²) in [5, 5.41) is 4.01. The van der Waals surface area contributed by atoms with Crippen LogP contribution in [0, 0.1) is 12.3 Å². The predicted octanol–water partition coefficient (Wildman–Crippen LogP) is 16.6. The molecule has 9 aromatic rings. The Balaban J connectivity index is 1.14. The fourth-order valence-corrected chi connectivity index (χ4v) is 14.1. The van der Waals surface area contributed by atoms with Crippen LogP contribution in [0.15, 0.2) is 157 Å². The number of nitrogens with zero attached hydrogens (tertiary/aromatic N) is 3. The third-order valence-corrected chi connectivity index (χ3v) is 17.8. The van der Waals surface area contributed by atoms with Crippen LogP contribution in [-0.4, -0.2) is 11.3 Å².